The second-order valence-corrected chi connectivity index (χ2v) is 9.90. The molecule has 0 aromatic heterocycles. The number of nitrogens with one attached hydrogen (secondary N) is 1. The Hall–Kier alpha value is -3.87. The van der Waals surface area contributed by atoms with E-state index in [0.29, 0.717) is 44.0 Å². The first-order valence-electron chi connectivity index (χ1n) is 11.9. The number of piperazine rings is 1. The smallest absolute Gasteiger partial charge is 0.292 e. The van der Waals surface area contributed by atoms with E-state index in [2.05, 4.69) is 31.0 Å². The topological polar surface area (TPSA) is 78.7 Å². The number of hydrogen-bond donors (Lipinski definition) is 1. The summed E-state index contributed by atoms with van der Waals surface area (Å²) in [6, 6.07) is 22.9. The van der Waals surface area contributed by atoms with Gasteiger partial charge >= 0.3 is 0 Å². The van der Waals surface area contributed by atoms with Crippen LogP contribution in [0.25, 0.3) is 0 Å². The Bertz CT molecular complexity index is 1180. The molecule has 3 aromatic rings. The lowest BCUT2D eigenvalue weighted by atomic mass is 9.86. The lowest BCUT2D eigenvalue weighted by molar-refractivity contribution is -0.384. The van der Waals surface area contributed by atoms with Crippen molar-refractivity contribution in [1.29, 1.82) is 0 Å². The molecule has 0 saturated carbocycles. The quantitative estimate of drug-likeness (QED) is 0.380. The molecular formula is C28H32N4O3. The minimum atomic E-state index is -0.362. The van der Waals surface area contributed by atoms with E-state index in [4.69, 9.17) is 0 Å². The highest BCUT2D eigenvalue weighted by atomic mass is 16.6. The summed E-state index contributed by atoms with van der Waals surface area (Å²) in [4.78, 5) is 28.3. The van der Waals surface area contributed by atoms with Gasteiger partial charge in [-0.25, -0.2) is 0 Å². The molecule has 1 aliphatic heterocycles. The van der Waals surface area contributed by atoms with Gasteiger partial charge in [-0.2, -0.15) is 0 Å². The summed E-state index contributed by atoms with van der Waals surface area (Å²) in [6.45, 7) is 9.51. The molecule has 1 fully saturated rings. The molecule has 0 atom stereocenters. The van der Waals surface area contributed by atoms with Crippen LogP contribution < -0.4 is 10.2 Å². The van der Waals surface area contributed by atoms with Crippen LogP contribution in [0.5, 0.6) is 0 Å². The van der Waals surface area contributed by atoms with Crippen molar-refractivity contribution in [2.45, 2.75) is 32.7 Å². The van der Waals surface area contributed by atoms with Crippen molar-refractivity contribution in [2.75, 3.05) is 36.4 Å². The van der Waals surface area contributed by atoms with Crippen LogP contribution in [0.3, 0.4) is 0 Å². The first-order valence-corrected chi connectivity index (χ1v) is 11.9. The van der Waals surface area contributed by atoms with Crippen molar-refractivity contribution in [3.05, 3.63) is 99.6 Å². The minimum Gasteiger partial charge on any atom is -0.375 e. The van der Waals surface area contributed by atoms with Gasteiger partial charge in [0, 0.05) is 50.0 Å². The van der Waals surface area contributed by atoms with E-state index in [0.717, 1.165) is 11.3 Å². The normalized spacial score (nSPS) is 14.0. The first kappa shape index (κ1) is 24.3. The van der Waals surface area contributed by atoms with E-state index in [1.54, 1.807) is 12.1 Å². The minimum absolute atomic E-state index is 0.0408. The second-order valence-electron chi connectivity index (χ2n) is 9.90. The molecule has 0 aliphatic carbocycles. The van der Waals surface area contributed by atoms with Crippen LogP contribution in [0, 0.1) is 10.1 Å². The van der Waals surface area contributed by atoms with Crippen LogP contribution >= 0.6 is 0 Å². The average molecular weight is 473 g/mol. The van der Waals surface area contributed by atoms with Crippen molar-refractivity contribution in [1.82, 2.24) is 4.90 Å². The Labute approximate surface area is 206 Å². The zero-order valence-corrected chi connectivity index (χ0v) is 20.5. The van der Waals surface area contributed by atoms with Gasteiger partial charge in [0.05, 0.1) is 4.92 Å². The van der Waals surface area contributed by atoms with E-state index in [-0.39, 0.29) is 21.9 Å². The summed E-state index contributed by atoms with van der Waals surface area (Å²) in [5.41, 5.74) is 4.46. The molecule has 1 heterocycles. The van der Waals surface area contributed by atoms with Gasteiger partial charge in [-0.05, 0) is 40.8 Å². The summed E-state index contributed by atoms with van der Waals surface area (Å²) in [5.74, 6) is 0.0408. The third-order valence-corrected chi connectivity index (χ3v) is 6.43. The third kappa shape index (κ3) is 5.80. The van der Waals surface area contributed by atoms with Crippen molar-refractivity contribution in [3.8, 4) is 0 Å². The molecule has 0 spiro atoms. The van der Waals surface area contributed by atoms with Crippen LogP contribution in [0.1, 0.15) is 42.3 Å². The second kappa shape index (κ2) is 10.2. The Kier molecular flexibility index (Phi) is 7.05. The SMILES string of the molecule is CC(C)(C)c1ccc(C(=O)N2CCN(c3ccc([N+](=O)[O-])c(NCc4ccccc4)c3)CC2)cc1. The fraction of sp³-hybridized carbons (Fsp3) is 0.321. The number of carbonyl (C=O) groups excluding carboxylic acids is 1. The number of nitrogens with zero attached hydrogens (tertiary/aromatic N) is 3. The van der Waals surface area contributed by atoms with E-state index >= 15 is 0 Å². The highest BCUT2D eigenvalue weighted by Crippen LogP contribution is 2.31. The molecule has 0 bridgehead atoms. The predicted molar refractivity (Wildman–Crippen MR) is 140 cm³/mol. The fourth-order valence-electron chi connectivity index (χ4n) is 4.28. The average Bonchev–Trinajstić information content (AvgIpc) is 2.87. The van der Waals surface area contributed by atoms with Crippen LogP contribution in [0.15, 0.2) is 72.8 Å². The van der Waals surface area contributed by atoms with E-state index < -0.39 is 0 Å². The fourth-order valence-corrected chi connectivity index (χ4v) is 4.28. The van der Waals surface area contributed by atoms with Gasteiger partial charge < -0.3 is 15.1 Å². The highest BCUT2D eigenvalue weighted by molar-refractivity contribution is 5.94. The van der Waals surface area contributed by atoms with Crippen LogP contribution in [0.4, 0.5) is 17.1 Å². The molecule has 4 rings (SSSR count). The summed E-state index contributed by atoms with van der Waals surface area (Å²) >= 11 is 0. The number of carbonyl (C=O) groups is 1. The number of amides is 1. The van der Waals surface area contributed by atoms with Crippen molar-refractivity contribution in [2.24, 2.45) is 0 Å². The molecule has 0 radical (unpaired) electrons. The summed E-state index contributed by atoms with van der Waals surface area (Å²) in [7, 11) is 0. The van der Waals surface area contributed by atoms with Gasteiger partial charge in [0.1, 0.15) is 5.69 Å². The molecule has 1 saturated heterocycles. The Morgan fingerprint density at radius 3 is 2.20 bits per heavy atom. The van der Waals surface area contributed by atoms with Crippen LogP contribution in [-0.2, 0) is 12.0 Å². The van der Waals surface area contributed by atoms with Crippen molar-refractivity contribution >= 4 is 23.0 Å². The molecule has 182 valence electrons. The number of rotatable bonds is 6. The maximum atomic E-state index is 13.0. The number of anilines is 2. The molecule has 1 aliphatic rings. The monoisotopic (exact) mass is 472 g/mol. The predicted octanol–water partition coefficient (Wildman–Crippen LogP) is 5.47. The lowest BCUT2D eigenvalue weighted by Crippen LogP contribution is -2.48. The summed E-state index contributed by atoms with van der Waals surface area (Å²) < 4.78 is 0. The maximum Gasteiger partial charge on any atom is 0.292 e. The summed E-state index contributed by atoms with van der Waals surface area (Å²) in [6.07, 6.45) is 0. The molecule has 3 aromatic carbocycles. The highest BCUT2D eigenvalue weighted by Gasteiger charge is 2.24. The Morgan fingerprint density at radius 1 is 0.943 bits per heavy atom. The maximum absolute atomic E-state index is 13.0. The Morgan fingerprint density at radius 2 is 1.60 bits per heavy atom. The molecule has 1 N–H and O–H groups in total. The molecule has 7 nitrogen and oxygen atoms in total. The van der Waals surface area contributed by atoms with Gasteiger partial charge in [-0.3, -0.25) is 14.9 Å². The van der Waals surface area contributed by atoms with Gasteiger partial charge in [-0.15, -0.1) is 0 Å². The van der Waals surface area contributed by atoms with Crippen molar-refractivity contribution < 1.29 is 9.72 Å². The zero-order valence-electron chi connectivity index (χ0n) is 20.5. The van der Waals surface area contributed by atoms with Gasteiger partial charge in [0.15, 0.2) is 0 Å². The molecule has 1 amide bonds. The van der Waals surface area contributed by atoms with Crippen molar-refractivity contribution in [3.63, 3.8) is 0 Å². The first-order chi connectivity index (χ1) is 16.7. The van der Waals surface area contributed by atoms with E-state index in [9.17, 15) is 14.9 Å². The summed E-state index contributed by atoms with van der Waals surface area (Å²) in [5, 5.41) is 14.8. The van der Waals surface area contributed by atoms with E-state index in [1.165, 1.54) is 5.56 Å². The molecular weight excluding hydrogens is 440 g/mol. The van der Waals surface area contributed by atoms with Crippen LogP contribution in [0.2, 0.25) is 0 Å². The Balaban J connectivity index is 1.42. The lowest BCUT2D eigenvalue weighted by Gasteiger charge is -2.36. The number of nitro groups is 1. The van der Waals surface area contributed by atoms with Gasteiger partial charge in [0.2, 0.25) is 0 Å². The zero-order chi connectivity index (χ0) is 25.0. The van der Waals surface area contributed by atoms with E-state index in [1.807, 2.05) is 65.6 Å². The number of nitro benzene ring substituents is 1. The number of benzene rings is 3. The standard InChI is InChI=1S/C28H32N4O3/c1-28(2,3)23-11-9-22(10-12-23)27(33)31-17-15-30(16-18-31)24-13-14-26(32(34)35)25(19-24)29-20-21-7-5-4-6-8-21/h4-14,19,29H,15-18,20H2,1-3H3. The van der Waals surface area contributed by atoms with Gasteiger partial charge in [0.25, 0.3) is 11.6 Å². The molecule has 0 unspecified atom stereocenters. The van der Waals surface area contributed by atoms with Crippen LogP contribution in [-0.4, -0.2) is 41.9 Å². The largest absolute Gasteiger partial charge is 0.375 e. The molecule has 35 heavy (non-hydrogen) atoms. The van der Waals surface area contributed by atoms with Gasteiger partial charge in [-0.1, -0.05) is 63.2 Å². The third-order valence-electron chi connectivity index (χ3n) is 6.43. The molecule has 7 heteroatoms. The number of hydrogen-bond acceptors (Lipinski definition) is 5.